The summed E-state index contributed by atoms with van der Waals surface area (Å²) < 4.78 is 32.0. The molecule has 1 aliphatic heterocycles. The first-order chi connectivity index (χ1) is 16.8. The van der Waals surface area contributed by atoms with Gasteiger partial charge in [-0.3, -0.25) is 14.4 Å². The second-order valence-corrected chi connectivity index (χ2v) is 10.2. The van der Waals surface area contributed by atoms with Crippen LogP contribution in [-0.4, -0.2) is 67.5 Å². The Labute approximate surface area is 203 Å². The Morgan fingerprint density at radius 3 is 2.09 bits per heavy atom. The van der Waals surface area contributed by atoms with E-state index in [4.69, 9.17) is 4.42 Å². The second-order valence-electron chi connectivity index (χ2n) is 8.17. The summed E-state index contributed by atoms with van der Waals surface area (Å²) in [5, 5.41) is 0.617. The van der Waals surface area contributed by atoms with Crippen LogP contribution in [0.2, 0.25) is 0 Å². The van der Waals surface area contributed by atoms with Crippen LogP contribution in [0.15, 0.2) is 82.3 Å². The number of hydrogen-bond donors (Lipinski definition) is 1. The molecule has 0 aliphatic carbocycles. The normalized spacial score (nSPS) is 14.9. The van der Waals surface area contributed by atoms with Crippen LogP contribution in [0.3, 0.4) is 0 Å². The van der Waals surface area contributed by atoms with Gasteiger partial charge in [-0.1, -0.05) is 35.9 Å². The lowest BCUT2D eigenvalue weighted by atomic mass is 10.1. The van der Waals surface area contributed by atoms with Crippen LogP contribution < -0.4 is 5.32 Å². The number of sulfone groups is 1. The van der Waals surface area contributed by atoms with Crippen LogP contribution in [0.1, 0.15) is 26.5 Å². The molecular weight excluding hydrogens is 470 g/mol. The summed E-state index contributed by atoms with van der Waals surface area (Å²) in [7, 11) is -4.24. The molecule has 9 nitrogen and oxygen atoms in total. The zero-order valence-corrected chi connectivity index (χ0v) is 19.9. The van der Waals surface area contributed by atoms with E-state index in [0.29, 0.717) is 0 Å². The van der Waals surface area contributed by atoms with Gasteiger partial charge in [0.1, 0.15) is 0 Å². The van der Waals surface area contributed by atoms with E-state index >= 15 is 0 Å². The van der Waals surface area contributed by atoms with Crippen molar-refractivity contribution in [2.24, 2.45) is 0 Å². The van der Waals surface area contributed by atoms with Gasteiger partial charge in [-0.05, 0) is 43.3 Å². The minimum atomic E-state index is -4.24. The number of aryl methyl sites for hydroxylation is 1. The van der Waals surface area contributed by atoms with Gasteiger partial charge in [0.25, 0.3) is 17.7 Å². The van der Waals surface area contributed by atoms with Crippen molar-refractivity contribution in [2.45, 2.75) is 17.2 Å². The molecule has 2 aromatic carbocycles. The van der Waals surface area contributed by atoms with E-state index in [2.05, 4.69) is 5.32 Å². The highest BCUT2D eigenvalue weighted by atomic mass is 32.2. The lowest BCUT2D eigenvalue weighted by molar-refractivity contribution is -0.132. The molecule has 1 saturated heterocycles. The average molecular weight is 496 g/mol. The predicted molar refractivity (Wildman–Crippen MR) is 127 cm³/mol. The Hall–Kier alpha value is -3.92. The SMILES string of the molecule is Cc1ccc(C(=O)N[C@H](C(=O)N2CCN(C(=O)c3ccco3)CC2)S(=O)(=O)c2ccccc2)cc1. The number of rotatable bonds is 6. The van der Waals surface area contributed by atoms with Crippen molar-refractivity contribution >= 4 is 27.6 Å². The molecule has 0 spiro atoms. The van der Waals surface area contributed by atoms with Gasteiger partial charge >= 0.3 is 0 Å². The van der Waals surface area contributed by atoms with Gasteiger partial charge in [0.2, 0.25) is 15.2 Å². The highest BCUT2D eigenvalue weighted by Gasteiger charge is 2.39. The molecule has 182 valence electrons. The molecule has 2 heterocycles. The van der Waals surface area contributed by atoms with E-state index in [-0.39, 0.29) is 48.3 Å². The van der Waals surface area contributed by atoms with Crippen LogP contribution in [0.5, 0.6) is 0 Å². The van der Waals surface area contributed by atoms with E-state index < -0.39 is 27.0 Å². The number of benzene rings is 2. The summed E-state index contributed by atoms with van der Waals surface area (Å²) >= 11 is 0. The van der Waals surface area contributed by atoms with E-state index in [1.54, 1.807) is 54.6 Å². The molecule has 0 saturated carbocycles. The molecule has 1 aromatic heterocycles. The second kappa shape index (κ2) is 10.1. The quantitative estimate of drug-likeness (QED) is 0.560. The Kier molecular flexibility index (Phi) is 7.02. The van der Waals surface area contributed by atoms with Gasteiger partial charge in [-0.15, -0.1) is 0 Å². The van der Waals surface area contributed by atoms with Crippen molar-refractivity contribution in [3.63, 3.8) is 0 Å². The lowest BCUT2D eigenvalue weighted by Crippen LogP contribution is -2.57. The van der Waals surface area contributed by atoms with E-state index in [0.717, 1.165) is 5.56 Å². The third-order valence-corrected chi connectivity index (χ3v) is 7.66. The number of furan rings is 1. The first kappa shape index (κ1) is 24.2. The summed E-state index contributed by atoms with van der Waals surface area (Å²) in [4.78, 5) is 41.7. The summed E-state index contributed by atoms with van der Waals surface area (Å²) in [6.45, 7) is 2.51. The molecule has 0 unspecified atom stereocenters. The Morgan fingerprint density at radius 1 is 0.857 bits per heavy atom. The topological polar surface area (TPSA) is 117 Å². The largest absolute Gasteiger partial charge is 0.459 e. The van der Waals surface area contributed by atoms with Gasteiger partial charge < -0.3 is 19.5 Å². The molecule has 1 fully saturated rings. The molecule has 3 amide bonds. The van der Waals surface area contributed by atoms with Crippen molar-refractivity contribution < 1.29 is 27.2 Å². The summed E-state index contributed by atoms with van der Waals surface area (Å²) in [6, 6.07) is 17.3. The first-order valence-electron chi connectivity index (χ1n) is 11.1. The Bertz CT molecular complexity index is 1300. The van der Waals surface area contributed by atoms with Crippen molar-refractivity contribution in [1.82, 2.24) is 15.1 Å². The van der Waals surface area contributed by atoms with Gasteiger partial charge in [-0.2, -0.15) is 0 Å². The molecule has 4 rings (SSSR count). The fourth-order valence-electron chi connectivity index (χ4n) is 3.78. The zero-order valence-electron chi connectivity index (χ0n) is 19.1. The van der Waals surface area contributed by atoms with Crippen molar-refractivity contribution in [1.29, 1.82) is 0 Å². The number of carbonyl (C=O) groups excluding carboxylic acids is 3. The predicted octanol–water partition coefficient (Wildman–Crippen LogP) is 2.10. The number of piperazine rings is 1. The van der Waals surface area contributed by atoms with E-state index in [9.17, 15) is 22.8 Å². The minimum Gasteiger partial charge on any atom is -0.459 e. The van der Waals surface area contributed by atoms with Crippen LogP contribution in [0, 0.1) is 6.92 Å². The minimum absolute atomic E-state index is 0.0748. The maximum atomic E-state index is 13.5. The third-order valence-electron chi connectivity index (χ3n) is 5.79. The van der Waals surface area contributed by atoms with Crippen LogP contribution in [0.25, 0.3) is 0 Å². The van der Waals surface area contributed by atoms with Gasteiger partial charge in [0.05, 0.1) is 11.2 Å². The molecule has 1 atom stereocenters. The maximum Gasteiger partial charge on any atom is 0.289 e. The average Bonchev–Trinajstić information content (AvgIpc) is 3.42. The number of hydrogen-bond acceptors (Lipinski definition) is 6. The number of nitrogens with zero attached hydrogens (tertiary/aromatic N) is 2. The standard InChI is InChI=1S/C25H25N3O6S/c1-18-9-11-19(12-10-18)22(29)26-23(35(32,33)20-6-3-2-4-7-20)25(31)28-15-13-27(14-16-28)24(30)21-8-5-17-34-21/h2-12,17,23H,13-16H2,1H3,(H,26,29)/t23-/m0/s1. The van der Waals surface area contributed by atoms with Crippen LogP contribution in [0.4, 0.5) is 0 Å². The molecule has 0 radical (unpaired) electrons. The fourth-order valence-corrected chi connectivity index (χ4v) is 5.26. The Balaban J connectivity index is 1.55. The third kappa shape index (κ3) is 5.27. The summed E-state index contributed by atoms with van der Waals surface area (Å²) in [5.41, 5.74) is 1.18. The van der Waals surface area contributed by atoms with Gasteiger partial charge in [-0.25, -0.2) is 8.42 Å². The number of amides is 3. The molecule has 0 bridgehead atoms. The van der Waals surface area contributed by atoms with Crippen molar-refractivity contribution in [2.75, 3.05) is 26.2 Å². The molecule has 1 N–H and O–H groups in total. The lowest BCUT2D eigenvalue weighted by Gasteiger charge is -2.36. The molecular formula is C25H25N3O6S. The van der Waals surface area contributed by atoms with Gasteiger partial charge in [0.15, 0.2) is 5.76 Å². The van der Waals surface area contributed by atoms with E-state index in [1.165, 1.54) is 28.2 Å². The number of carbonyl (C=O) groups is 3. The first-order valence-corrected chi connectivity index (χ1v) is 12.6. The maximum absolute atomic E-state index is 13.5. The molecule has 3 aromatic rings. The fraction of sp³-hybridized carbons (Fsp3) is 0.240. The molecule has 10 heteroatoms. The van der Waals surface area contributed by atoms with Crippen molar-refractivity contribution in [3.05, 3.63) is 89.9 Å². The van der Waals surface area contributed by atoms with E-state index in [1.807, 2.05) is 6.92 Å². The molecule has 1 aliphatic rings. The summed E-state index contributed by atoms with van der Waals surface area (Å²) in [5.74, 6) is -1.53. The zero-order chi connectivity index (χ0) is 25.0. The van der Waals surface area contributed by atoms with Gasteiger partial charge in [0, 0.05) is 31.7 Å². The van der Waals surface area contributed by atoms with Crippen molar-refractivity contribution in [3.8, 4) is 0 Å². The smallest absolute Gasteiger partial charge is 0.289 e. The number of nitrogens with one attached hydrogen (secondary N) is 1. The van der Waals surface area contributed by atoms with Crippen LogP contribution in [-0.2, 0) is 14.6 Å². The molecule has 35 heavy (non-hydrogen) atoms. The monoisotopic (exact) mass is 495 g/mol. The summed E-state index contributed by atoms with van der Waals surface area (Å²) in [6.07, 6.45) is 1.41. The highest BCUT2D eigenvalue weighted by Crippen LogP contribution is 2.19. The van der Waals surface area contributed by atoms with Crippen LogP contribution >= 0.6 is 0 Å². The Morgan fingerprint density at radius 2 is 1.49 bits per heavy atom. The highest BCUT2D eigenvalue weighted by molar-refractivity contribution is 7.92.